The summed E-state index contributed by atoms with van der Waals surface area (Å²) < 4.78 is 2.44. The fraction of sp³-hybridized carbons (Fsp3) is 0.389. The second-order valence-corrected chi connectivity index (χ2v) is 5.68. The summed E-state index contributed by atoms with van der Waals surface area (Å²) in [6.45, 7) is 6.10. The molecule has 2 N–H and O–H groups in total. The molecule has 21 heavy (non-hydrogen) atoms. The largest absolute Gasteiger partial charge is 0.339 e. The van der Waals surface area contributed by atoms with Gasteiger partial charge in [0, 0.05) is 29.0 Å². The molecule has 0 unspecified atom stereocenters. The Balaban J connectivity index is 2.28. The number of nitrogens with two attached hydrogens (primary N) is 1. The molecule has 110 valence electrons. The van der Waals surface area contributed by atoms with E-state index in [-0.39, 0.29) is 0 Å². The first-order valence-electron chi connectivity index (χ1n) is 7.82. The first-order valence-corrected chi connectivity index (χ1v) is 7.82. The van der Waals surface area contributed by atoms with Crippen molar-refractivity contribution >= 4 is 21.8 Å². The molecule has 0 radical (unpaired) electrons. The first-order chi connectivity index (χ1) is 10.3. The third-order valence-corrected chi connectivity index (χ3v) is 4.17. The number of aryl methyl sites for hydroxylation is 3. The van der Waals surface area contributed by atoms with Crippen molar-refractivity contribution in [2.45, 2.75) is 39.7 Å². The zero-order valence-electron chi connectivity index (χ0n) is 12.9. The molecule has 2 heterocycles. The molecule has 0 amide bonds. The summed E-state index contributed by atoms with van der Waals surface area (Å²) in [6.07, 6.45) is 5.07. The van der Waals surface area contributed by atoms with E-state index in [9.17, 15) is 0 Å². The van der Waals surface area contributed by atoms with Gasteiger partial charge in [-0.1, -0.05) is 19.1 Å². The van der Waals surface area contributed by atoms with Crippen molar-refractivity contribution in [3.05, 3.63) is 41.7 Å². The van der Waals surface area contributed by atoms with Crippen LogP contribution in [-0.4, -0.2) is 16.1 Å². The number of rotatable bonds is 5. The monoisotopic (exact) mass is 281 g/mol. The van der Waals surface area contributed by atoms with Gasteiger partial charge in [-0.05, 0) is 50.4 Å². The second-order valence-electron chi connectivity index (χ2n) is 5.68. The number of aromatic nitrogens is 2. The van der Waals surface area contributed by atoms with Crippen LogP contribution >= 0.6 is 0 Å². The highest BCUT2D eigenvalue weighted by Crippen LogP contribution is 2.31. The van der Waals surface area contributed by atoms with E-state index in [2.05, 4.69) is 47.7 Å². The maximum Gasteiger partial charge on any atom is 0.0710 e. The van der Waals surface area contributed by atoms with E-state index in [1.165, 1.54) is 33.1 Å². The lowest BCUT2D eigenvalue weighted by Crippen LogP contribution is -2.04. The Labute approximate surface area is 125 Å². The Morgan fingerprint density at radius 1 is 1.14 bits per heavy atom. The van der Waals surface area contributed by atoms with Gasteiger partial charge in [0.1, 0.15) is 0 Å². The van der Waals surface area contributed by atoms with Crippen LogP contribution in [-0.2, 0) is 13.0 Å². The van der Waals surface area contributed by atoms with Crippen molar-refractivity contribution in [3.63, 3.8) is 0 Å². The van der Waals surface area contributed by atoms with Gasteiger partial charge in [-0.3, -0.25) is 4.98 Å². The van der Waals surface area contributed by atoms with E-state index in [1.54, 1.807) is 0 Å². The molecule has 0 aliphatic rings. The predicted molar refractivity (Wildman–Crippen MR) is 89.6 cm³/mol. The number of hydrogen-bond donors (Lipinski definition) is 1. The zero-order valence-corrected chi connectivity index (χ0v) is 12.9. The van der Waals surface area contributed by atoms with Gasteiger partial charge in [0.2, 0.25) is 0 Å². The molecule has 0 aliphatic heterocycles. The van der Waals surface area contributed by atoms with Gasteiger partial charge in [0.05, 0.1) is 11.2 Å². The van der Waals surface area contributed by atoms with E-state index in [1.807, 2.05) is 6.20 Å². The van der Waals surface area contributed by atoms with Crippen LogP contribution in [0.3, 0.4) is 0 Å². The first kappa shape index (κ1) is 14.1. The minimum Gasteiger partial charge on any atom is -0.339 e. The molecule has 0 fully saturated rings. The molecule has 0 aliphatic carbocycles. The predicted octanol–water partition coefficient (Wildman–Crippen LogP) is 3.80. The lowest BCUT2D eigenvalue weighted by Gasteiger charge is -2.09. The zero-order chi connectivity index (χ0) is 14.8. The Morgan fingerprint density at radius 3 is 2.76 bits per heavy atom. The average molecular weight is 281 g/mol. The lowest BCUT2D eigenvalue weighted by atomic mass is 10.1. The summed E-state index contributed by atoms with van der Waals surface area (Å²) in [5.74, 6) is 0. The third-order valence-electron chi connectivity index (χ3n) is 4.17. The van der Waals surface area contributed by atoms with Gasteiger partial charge in [-0.2, -0.15) is 0 Å². The van der Waals surface area contributed by atoms with Crippen LogP contribution in [0.2, 0.25) is 0 Å². The van der Waals surface area contributed by atoms with E-state index >= 15 is 0 Å². The topological polar surface area (TPSA) is 43.8 Å². The molecule has 3 nitrogen and oxygen atoms in total. The van der Waals surface area contributed by atoms with Crippen molar-refractivity contribution in [2.24, 2.45) is 5.73 Å². The summed E-state index contributed by atoms with van der Waals surface area (Å²) in [5, 5.41) is 2.66. The smallest absolute Gasteiger partial charge is 0.0710 e. The van der Waals surface area contributed by atoms with Crippen LogP contribution in [0, 0.1) is 6.92 Å². The summed E-state index contributed by atoms with van der Waals surface area (Å²) >= 11 is 0. The van der Waals surface area contributed by atoms with Crippen molar-refractivity contribution in [1.29, 1.82) is 0 Å². The fourth-order valence-electron chi connectivity index (χ4n) is 3.13. The minimum absolute atomic E-state index is 0.759. The summed E-state index contributed by atoms with van der Waals surface area (Å²) in [6, 6.07) is 8.87. The van der Waals surface area contributed by atoms with Crippen molar-refractivity contribution < 1.29 is 0 Å². The molecule has 2 aromatic heterocycles. The molecule has 3 rings (SSSR count). The van der Waals surface area contributed by atoms with Crippen LogP contribution < -0.4 is 5.73 Å². The molecular weight excluding hydrogens is 258 g/mol. The van der Waals surface area contributed by atoms with Gasteiger partial charge in [0.15, 0.2) is 0 Å². The highest BCUT2D eigenvalue weighted by molar-refractivity contribution is 6.08. The number of unbranched alkanes of at least 4 members (excludes halogenated alkanes) is 1. The molecule has 0 atom stereocenters. The number of benzene rings is 1. The van der Waals surface area contributed by atoms with Gasteiger partial charge in [-0.15, -0.1) is 0 Å². The van der Waals surface area contributed by atoms with Crippen molar-refractivity contribution in [3.8, 4) is 0 Å². The Morgan fingerprint density at radius 2 is 2.00 bits per heavy atom. The molecule has 0 spiro atoms. The van der Waals surface area contributed by atoms with Gasteiger partial charge in [-0.25, -0.2) is 0 Å². The standard InChI is InChI=1S/C18H23N3/c1-3-16-18-15(8-10-20-16)14-7-6-13(2)12-17(14)21(18)11-5-4-9-19/h6-8,10,12H,3-5,9,11,19H2,1-2H3. The lowest BCUT2D eigenvalue weighted by molar-refractivity contribution is 0.641. The van der Waals surface area contributed by atoms with E-state index in [4.69, 9.17) is 5.73 Å². The van der Waals surface area contributed by atoms with Crippen molar-refractivity contribution in [2.75, 3.05) is 6.54 Å². The summed E-state index contributed by atoms with van der Waals surface area (Å²) in [4.78, 5) is 4.59. The van der Waals surface area contributed by atoms with Crippen LogP contribution in [0.4, 0.5) is 0 Å². The summed E-state index contributed by atoms with van der Waals surface area (Å²) in [5.41, 5.74) is 10.8. The van der Waals surface area contributed by atoms with Crippen LogP contribution in [0.25, 0.3) is 21.8 Å². The van der Waals surface area contributed by atoms with E-state index in [0.717, 1.165) is 32.4 Å². The number of hydrogen-bond acceptors (Lipinski definition) is 2. The minimum atomic E-state index is 0.759. The molecular formula is C18H23N3. The Bertz CT molecular complexity index is 771. The van der Waals surface area contributed by atoms with Crippen LogP contribution in [0.5, 0.6) is 0 Å². The third kappa shape index (κ3) is 2.42. The molecule has 0 saturated heterocycles. The van der Waals surface area contributed by atoms with Gasteiger partial charge >= 0.3 is 0 Å². The molecule has 0 saturated carbocycles. The maximum absolute atomic E-state index is 5.65. The van der Waals surface area contributed by atoms with Gasteiger partial charge < -0.3 is 10.3 Å². The Hall–Kier alpha value is -1.87. The molecule has 1 aromatic carbocycles. The number of pyridine rings is 1. The van der Waals surface area contributed by atoms with E-state index in [0.29, 0.717) is 0 Å². The fourth-order valence-corrected chi connectivity index (χ4v) is 3.13. The number of fused-ring (bicyclic) bond motifs is 3. The highest BCUT2D eigenvalue weighted by Gasteiger charge is 2.13. The highest BCUT2D eigenvalue weighted by atomic mass is 15.0. The summed E-state index contributed by atoms with van der Waals surface area (Å²) in [7, 11) is 0. The van der Waals surface area contributed by atoms with Crippen molar-refractivity contribution in [1.82, 2.24) is 9.55 Å². The molecule has 0 bridgehead atoms. The second kappa shape index (κ2) is 5.86. The molecule has 3 aromatic rings. The quantitative estimate of drug-likeness (QED) is 0.723. The Kier molecular flexibility index (Phi) is 3.93. The van der Waals surface area contributed by atoms with Gasteiger partial charge in [0.25, 0.3) is 0 Å². The SMILES string of the molecule is CCc1nccc2c3ccc(C)cc3n(CCCCN)c12. The average Bonchev–Trinajstić information content (AvgIpc) is 2.81. The normalized spacial score (nSPS) is 11.6. The maximum atomic E-state index is 5.65. The van der Waals surface area contributed by atoms with Crippen LogP contribution in [0.1, 0.15) is 31.0 Å². The molecule has 3 heteroatoms. The van der Waals surface area contributed by atoms with Crippen LogP contribution in [0.15, 0.2) is 30.5 Å². The number of nitrogens with zero attached hydrogens (tertiary/aromatic N) is 2. The van der Waals surface area contributed by atoms with E-state index < -0.39 is 0 Å².